The molecule has 0 amide bonds. The number of thioether (sulfide) groups is 1. The van der Waals surface area contributed by atoms with Crippen LogP contribution >= 0.6 is 34.9 Å². The van der Waals surface area contributed by atoms with Gasteiger partial charge in [0.1, 0.15) is 5.82 Å². The van der Waals surface area contributed by atoms with Crippen LogP contribution in [0.25, 0.3) is 0 Å². The van der Waals surface area contributed by atoms with E-state index in [0.717, 1.165) is 4.34 Å². The molecule has 3 N–H and O–H groups in total. The van der Waals surface area contributed by atoms with E-state index in [9.17, 15) is 4.39 Å². The van der Waals surface area contributed by atoms with Gasteiger partial charge in [-0.3, -0.25) is 0 Å². The molecular formula is C10H9FN4OS3. The molecule has 0 spiro atoms. The SMILES string of the molecule is CSc1nnc(Sc2ccc(F)cc2/C(N)=N/O)s1. The Labute approximate surface area is 121 Å². The van der Waals surface area contributed by atoms with E-state index in [4.69, 9.17) is 10.9 Å². The van der Waals surface area contributed by atoms with E-state index in [1.807, 2.05) is 6.26 Å². The van der Waals surface area contributed by atoms with Gasteiger partial charge in [0.2, 0.25) is 0 Å². The lowest BCUT2D eigenvalue weighted by Gasteiger charge is -2.05. The lowest BCUT2D eigenvalue weighted by molar-refractivity contribution is 0.318. The molecule has 5 nitrogen and oxygen atoms in total. The molecule has 1 aromatic heterocycles. The Kier molecular flexibility index (Phi) is 4.61. The van der Waals surface area contributed by atoms with Gasteiger partial charge in [0.25, 0.3) is 0 Å². The Morgan fingerprint density at radius 1 is 1.42 bits per heavy atom. The molecule has 0 aliphatic rings. The summed E-state index contributed by atoms with van der Waals surface area (Å²) in [6, 6.07) is 4.09. The second kappa shape index (κ2) is 6.22. The van der Waals surface area contributed by atoms with Crippen molar-refractivity contribution in [2.24, 2.45) is 10.9 Å². The van der Waals surface area contributed by atoms with Gasteiger partial charge in [-0.05, 0) is 24.5 Å². The molecule has 9 heteroatoms. The van der Waals surface area contributed by atoms with Gasteiger partial charge in [0, 0.05) is 10.5 Å². The maximum absolute atomic E-state index is 13.2. The minimum absolute atomic E-state index is 0.142. The smallest absolute Gasteiger partial charge is 0.179 e. The first-order chi connectivity index (χ1) is 9.13. The summed E-state index contributed by atoms with van der Waals surface area (Å²) in [5.74, 6) is -0.593. The number of aromatic nitrogens is 2. The zero-order chi connectivity index (χ0) is 13.8. The van der Waals surface area contributed by atoms with E-state index >= 15 is 0 Å². The minimum Gasteiger partial charge on any atom is -0.409 e. The topological polar surface area (TPSA) is 84.4 Å². The molecule has 0 fully saturated rings. The maximum Gasteiger partial charge on any atom is 0.179 e. The molecule has 0 unspecified atom stereocenters. The molecular weight excluding hydrogens is 307 g/mol. The Morgan fingerprint density at radius 2 is 2.16 bits per heavy atom. The highest BCUT2D eigenvalue weighted by molar-refractivity contribution is 8.03. The molecule has 0 bridgehead atoms. The van der Waals surface area contributed by atoms with Gasteiger partial charge in [0.05, 0.1) is 0 Å². The quantitative estimate of drug-likeness (QED) is 0.296. The van der Waals surface area contributed by atoms with Gasteiger partial charge in [-0.15, -0.1) is 10.2 Å². The molecule has 0 atom stereocenters. The van der Waals surface area contributed by atoms with Gasteiger partial charge in [0.15, 0.2) is 14.5 Å². The zero-order valence-electron chi connectivity index (χ0n) is 9.70. The van der Waals surface area contributed by atoms with Gasteiger partial charge >= 0.3 is 0 Å². The van der Waals surface area contributed by atoms with E-state index in [1.165, 1.54) is 47.0 Å². The van der Waals surface area contributed by atoms with Crippen molar-refractivity contribution in [1.29, 1.82) is 0 Å². The normalized spacial score (nSPS) is 11.8. The zero-order valence-corrected chi connectivity index (χ0v) is 12.2. The summed E-state index contributed by atoms with van der Waals surface area (Å²) in [6.07, 6.45) is 1.91. The summed E-state index contributed by atoms with van der Waals surface area (Å²) in [5.41, 5.74) is 5.86. The van der Waals surface area contributed by atoms with Crippen molar-refractivity contribution in [2.45, 2.75) is 13.6 Å². The van der Waals surface area contributed by atoms with Crippen LogP contribution in [-0.2, 0) is 0 Å². The number of amidine groups is 1. The number of oxime groups is 1. The van der Waals surface area contributed by atoms with Crippen molar-refractivity contribution in [3.8, 4) is 0 Å². The summed E-state index contributed by atoms with van der Waals surface area (Å²) in [4.78, 5) is 0.653. The van der Waals surface area contributed by atoms with Crippen LogP contribution in [0.5, 0.6) is 0 Å². The Bertz CT molecular complexity index is 617. The molecule has 0 radical (unpaired) electrons. The van der Waals surface area contributed by atoms with Gasteiger partial charge < -0.3 is 10.9 Å². The van der Waals surface area contributed by atoms with Crippen molar-refractivity contribution in [1.82, 2.24) is 10.2 Å². The van der Waals surface area contributed by atoms with Crippen LogP contribution in [0.3, 0.4) is 0 Å². The van der Waals surface area contributed by atoms with E-state index in [1.54, 1.807) is 6.07 Å². The van der Waals surface area contributed by atoms with Crippen LogP contribution < -0.4 is 5.73 Å². The van der Waals surface area contributed by atoms with Crippen LogP contribution in [-0.4, -0.2) is 27.5 Å². The Morgan fingerprint density at radius 3 is 2.79 bits per heavy atom. The molecule has 1 aromatic carbocycles. The van der Waals surface area contributed by atoms with Crippen molar-refractivity contribution in [3.05, 3.63) is 29.6 Å². The maximum atomic E-state index is 13.2. The standard InChI is InChI=1S/C10H9FN4OS3/c1-17-9-13-14-10(19-9)18-7-3-2-5(11)4-6(7)8(12)15-16/h2-4,16H,1H3,(H2,12,15). The molecule has 100 valence electrons. The van der Waals surface area contributed by atoms with Gasteiger partial charge in [-0.2, -0.15) is 0 Å². The highest BCUT2D eigenvalue weighted by Gasteiger charge is 2.13. The number of rotatable bonds is 4. The third-order valence-corrected chi connectivity index (χ3v) is 5.11. The van der Waals surface area contributed by atoms with Crippen LogP contribution in [0.15, 0.2) is 36.9 Å². The fraction of sp³-hybridized carbons (Fsp3) is 0.100. The first-order valence-electron chi connectivity index (χ1n) is 4.97. The molecule has 2 rings (SSSR count). The van der Waals surface area contributed by atoms with Crippen LogP contribution in [0.2, 0.25) is 0 Å². The fourth-order valence-corrected chi connectivity index (χ4v) is 3.78. The largest absolute Gasteiger partial charge is 0.409 e. The van der Waals surface area contributed by atoms with E-state index in [-0.39, 0.29) is 5.84 Å². The second-order valence-electron chi connectivity index (χ2n) is 3.27. The minimum atomic E-state index is -0.451. The monoisotopic (exact) mass is 316 g/mol. The number of benzene rings is 1. The van der Waals surface area contributed by atoms with Gasteiger partial charge in [-0.1, -0.05) is 40.0 Å². The average Bonchev–Trinajstić information content (AvgIpc) is 2.87. The molecule has 0 saturated heterocycles. The molecule has 0 saturated carbocycles. The summed E-state index contributed by atoms with van der Waals surface area (Å²) in [7, 11) is 0. The molecule has 2 aromatic rings. The first-order valence-corrected chi connectivity index (χ1v) is 7.82. The van der Waals surface area contributed by atoms with Crippen molar-refractivity contribution in [3.63, 3.8) is 0 Å². The fourth-order valence-electron chi connectivity index (χ4n) is 1.26. The predicted octanol–water partition coefficient (Wildman–Crippen LogP) is 2.64. The van der Waals surface area contributed by atoms with Crippen molar-refractivity contribution in [2.75, 3.05) is 6.26 Å². The average molecular weight is 316 g/mol. The third-order valence-electron chi connectivity index (χ3n) is 2.09. The van der Waals surface area contributed by atoms with E-state index in [0.29, 0.717) is 14.8 Å². The predicted molar refractivity (Wildman–Crippen MR) is 74.7 cm³/mol. The molecule has 1 heterocycles. The molecule has 0 aliphatic carbocycles. The number of nitrogens with zero attached hydrogens (tertiary/aromatic N) is 3. The number of nitrogens with two attached hydrogens (primary N) is 1. The molecule has 0 aliphatic heterocycles. The molecule has 19 heavy (non-hydrogen) atoms. The summed E-state index contributed by atoms with van der Waals surface area (Å²) in [6.45, 7) is 0. The number of hydrogen-bond donors (Lipinski definition) is 2. The number of hydrogen-bond acceptors (Lipinski definition) is 7. The van der Waals surface area contributed by atoms with Crippen molar-refractivity contribution < 1.29 is 9.60 Å². The highest BCUT2D eigenvalue weighted by atomic mass is 32.2. The first kappa shape index (κ1) is 14.1. The number of halogens is 1. The highest BCUT2D eigenvalue weighted by Crippen LogP contribution is 2.34. The second-order valence-corrected chi connectivity index (χ2v) is 6.59. The van der Waals surface area contributed by atoms with Crippen molar-refractivity contribution >= 4 is 40.7 Å². The van der Waals surface area contributed by atoms with Gasteiger partial charge in [-0.25, -0.2) is 4.39 Å². The van der Waals surface area contributed by atoms with E-state index < -0.39 is 5.82 Å². The lowest BCUT2D eigenvalue weighted by atomic mass is 10.2. The Hall–Kier alpha value is -1.32. The van der Waals surface area contributed by atoms with Crippen LogP contribution in [0, 0.1) is 5.82 Å². The summed E-state index contributed by atoms with van der Waals surface area (Å²) < 4.78 is 14.8. The Balaban J connectivity index is 2.34. The summed E-state index contributed by atoms with van der Waals surface area (Å²) in [5, 5.41) is 19.6. The van der Waals surface area contributed by atoms with Crippen LogP contribution in [0.4, 0.5) is 4.39 Å². The lowest BCUT2D eigenvalue weighted by Crippen LogP contribution is -2.14. The third kappa shape index (κ3) is 3.37. The van der Waals surface area contributed by atoms with Crippen LogP contribution in [0.1, 0.15) is 5.56 Å². The van der Waals surface area contributed by atoms with E-state index in [2.05, 4.69) is 15.4 Å². The summed E-state index contributed by atoms with van der Waals surface area (Å²) >= 11 is 4.22.